The van der Waals surface area contributed by atoms with Crippen LogP contribution in [0.3, 0.4) is 0 Å². The van der Waals surface area contributed by atoms with Crippen LogP contribution < -0.4 is 5.32 Å². The van der Waals surface area contributed by atoms with E-state index in [1.165, 1.54) is 17.3 Å². The van der Waals surface area contributed by atoms with Crippen LogP contribution in [-0.4, -0.2) is 16.9 Å². The predicted molar refractivity (Wildman–Crippen MR) is 77.1 cm³/mol. The monoisotopic (exact) mass is 274 g/mol. The zero-order valence-electron chi connectivity index (χ0n) is 11.6. The van der Waals surface area contributed by atoms with Crippen molar-refractivity contribution in [2.45, 2.75) is 45.1 Å². The Hall–Kier alpha value is -1.84. The molecule has 2 N–H and O–H groups in total. The van der Waals surface area contributed by atoms with Gasteiger partial charge in [0.2, 0.25) is 5.91 Å². The van der Waals surface area contributed by atoms with Gasteiger partial charge in [-0.15, -0.1) is 0 Å². The Bertz CT molecular complexity index is 647. The molecule has 1 amide bonds. The van der Waals surface area contributed by atoms with Gasteiger partial charge in [0.05, 0.1) is 0 Å². The van der Waals surface area contributed by atoms with Gasteiger partial charge in [0.15, 0.2) is 0 Å². The van der Waals surface area contributed by atoms with E-state index >= 15 is 0 Å². The van der Waals surface area contributed by atoms with Crippen molar-refractivity contribution in [2.24, 2.45) is 0 Å². The van der Waals surface area contributed by atoms with Crippen LogP contribution in [0.15, 0.2) is 18.2 Å². The standard InChI is InChI=1S/C16H19FN2O/c1-2-3-16(20)18-11-5-7-14-13(9-11)12-6-4-10(17)8-15(12)19-14/h4,6,8,11,19H,2-3,5,7,9H2,1H3,(H,18,20). The van der Waals surface area contributed by atoms with Crippen molar-refractivity contribution >= 4 is 16.8 Å². The fourth-order valence-corrected chi connectivity index (χ4v) is 3.05. The van der Waals surface area contributed by atoms with E-state index in [1.54, 1.807) is 6.07 Å². The van der Waals surface area contributed by atoms with E-state index in [2.05, 4.69) is 10.3 Å². The molecule has 0 spiro atoms. The summed E-state index contributed by atoms with van der Waals surface area (Å²) in [7, 11) is 0. The third-order valence-corrected chi connectivity index (χ3v) is 3.99. The molecule has 0 saturated carbocycles. The average molecular weight is 274 g/mol. The number of aromatic nitrogens is 1. The van der Waals surface area contributed by atoms with Crippen LogP contribution in [0.5, 0.6) is 0 Å². The minimum atomic E-state index is -0.219. The first-order valence-corrected chi connectivity index (χ1v) is 7.25. The third kappa shape index (κ3) is 2.42. The average Bonchev–Trinajstić information content (AvgIpc) is 2.75. The number of fused-ring (bicyclic) bond motifs is 3. The molecular formula is C16H19FN2O. The Morgan fingerprint density at radius 3 is 3.15 bits per heavy atom. The van der Waals surface area contributed by atoms with Crippen LogP contribution >= 0.6 is 0 Å². The molecule has 3 rings (SSSR count). The maximum Gasteiger partial charge on any atom is 0.220 e. The molecule has 20 heavy (non-hydrogen) atoms. The van der Waals surface area contributed by atoms with E-state index in [0.29, 0.717) is 6.42 Å². The third-order valence-electron chi connectivity index (χ3n) is 3.99. The van der Waals surface area contributed by atoms with E-state index < -0.39 is 0 Å². The molecule has 1 aliphatic rings. The first-order valence-electron chi connectivity index (χ1n) is 7.25. The molecule has 0 radical (unpaired) electrons. The minimum absolute atomic E-state index is 0.131. The summed E-state index contributed by atoms with van der Waals surface area (Å²) < 4.78 is 13.3. The maximum atomic E-state index is 13.3. The van der Waals surface area contributed by atoms with Gasteiger partial charge in [-0.1, -0.05) is 6.92 Å². The zero-order valence-corrected chi connectivity index (χ0v) is 11.6. The van der Waals surface area contributed by atoms with Crippen LogP contribution in [0.1, 0.15) is 37.4 Å². The summed E-state index contributed by atoms with van der Waals surface area (Å²) in [5, 5.41) is 4.18. The van der Waals surface area contributed by atoms with E-state index in [0.717, 1.165) is 36.6 Å². The largest absolute Gasteiger partial charge is 0.358 e. The molecule has 1 heterocycles. The summed E-state index contributed by atoms with van der Waals surface area (Å²) in [6.07, 6.45) is 4.13. The van der Waals surface area contributed by atoms with Gasteiger partial charge in [0.25, 0.3) is 0 Å². The Labute approximate surface area is 117 Å². The molecule has 4 heteroatoms. The van der Waals surface area contributed by atoms with E-state index in [-0.39, 0.29) is 17.8 Å². The zero-order chi connectivity index (χ0) is 14.1. The molecule has 2 aromatic rings. The van der Waals surface area contributed by atoms with Crippen molar-refractivity contribution in [1.82, 2.24) is 10.3 Å². The Kier molecular flexibility index (Phi) is 3.47. The second-order valence-corrected chi connectivity index (χ2v) is 5.53. The molecule has 1 unspecified atom stereocenters. The highest BCUT2D eigenvalue weighted by Crippen LogP contribution is 2.29. The molecule has 106 valence electrons. The molecule has 0 saturated heterocycles. The lowest BCUT2D eigenvalue weighted by Crippen LogP contribution is -2.38. The van der Waals surface area contributed by atoms with Gasteiger partial charge in [-0.3, -0.25) is 4.79 Å². The van der Waals surface area contributed by atoms with Crippen LogP contribution in [-0.2, 0) is 17.6 Å². The molecule has 1 aliphatic carbocycles. The molecule has 0 aliphatic heterocycles. The molecule has 0 bridgehead atoms. The number of H-pyrrole nitrogens is 1. The van der Waals surface area contributed by atoms with E-state index in [4.69, 9.17) is 0 Å². The molecule has 0 fully saturated rings. The number of aromatic amines is 1. The summed E-state index contributed by atoms with van der Waals surface area (Å²) in [6, 6.07) is 5.07. The number of carbonyl (C=O) groups excluding carboxylic acids is 1. The number of nitrogens with one attached hydrogen (secondary N) is 2. The lowest BCUT2D eigenvalue weighted by atomic mass is 9.91. The molecule has 1 aromatic carbocycles. The van der Waals surface area contributed by atoms with Gasteiger partial charge < -0.3 is 10.3 Å². The number of rotatable bonds is 3. The summed E-state index contributed by atoms with van der Waals surface area (Å²) in [5.74, 6) is -0.0873. The van der Waals surface area contributed by atoms with Crippen LogP contribution in [0.2, 0.25) is 0 Å². The summed E-state index contributed by atoms with van der Waals surface area (Å²) in [6.45, 7) is 2.01. The number of aryl methyl sites for hydroxylation is 1. The van der Waals surface area contributed by atoms with Crippen molar-refractivity contribution in [3.05, 3.63) is 35.3 Å². The topological polar surface area (TPSA) is 44.9 Å². The van der Waals surface area contributed by atoms with Gasteiger partial charge in [-0.25, -0.2) is 4.39 Å². The van der Waals surface area contributed by atoms with Crippen LogP contribution in [0.4, 0.5) is 4.39 Å². The highest BCUT2D eigenvalue weighted by atomic mass is 19.1. The molecule has 3 nitrogen and oxygen atoms in total. The van der Waals surface area contributed by atoms with Crippen molar-refractivity contribution in [1.29, 1.82) is 0 Å². The van der Waals surface area contributed by atoms with Gasteiger partial charge in [0, 0.05) is 29.1 Å². The second-order valence-electron chi connectivity index (χ2n) is 5.53. The van der Waals surface area contributed by atoms with Crippen molar-refractivity contribution in [3.8, 4) is 0 Å². The van der Waals surface area contributed by atoms with E-state index in [9.17, 15) is 9.18 Å². The van der Waals surface area contributed by atoms with E-state index in [1.807, 2.05) is 13.0 Å². The van der Waals surface area contributed by atoms with Crippen LogP contribution in [0, 0.1) is 5.82 Å². The molecule has 1 atom stereocenters. The summed E-state index contributed by atoms with van der Waals surface area (Å²) in [4.78, 5) is 15.0. The fraction of sp³-hybridized carbons (Fsp3) is 0.438. The van der Waals surface area contributed by atoms with Gasteiger partial charge in [0.1, 0.15) is 5.82 Å². The van der Waals surface area contributed by atoms with Crippen LogP contribution in [0.25, 0.3) is 10.9 Å². The quantitative estimate of drug-likeness (QED) is 0.887. The SMILES string of the molecule is CCCC(=O)NC1CCc2[nH]c3cc(F)ccc3c2C1. The first-order chi connectivity index (χ1) is 9.67. The highest BCUT2D eigenvalue weighted by molar-refractivity contribution is 5.85. The minimum Gasteiger partial charge on any atom is -0.358 e. The van der Waals surface area contributed by atoms with Gasteiger partial charge in [-0.2, -0.15) is 0 Å². The number of amides is 1. The number of carbonyl (C=O) groups is 1. The normalized spacial score (nSPS) is 18.0. The highest BCUT2D eigenvalue weighted by Gasteiger charge is 2.23. The molecule has 1 aromatic heterocycles. The summed E-state index contributed by atoms with van der Waals surface area (Å²) in [5.41, 5.74) is 3.27. The Morgan fingerprint density at radius 2 is 2.35 bits per heavy atom. The fourth-order valence-electron chi connectivity index (χ4n) is 3.05. The number of benzene rings is 1. The van der Waals surface area contributed by atoms with Crippen molar-refractivity contribution < 1.29 is 9.18 Å². The smallest absolute Gasteiger partial charge is 0.220 e. The van der Waals surface area contributed by atoms with Gasteiger partial charge >= 0.3 is 0 Å². The Morgan fingerprint density at radius 1 is 1.50 bits per heavy atom. The summed E-state index contributed by atoms with van der Waals surface area (Å²) >= 11 is 0. The lowest BCUT2D eigenvalue weighted by Gasteiger charge is -2.23. The molecular weight excluding hydrogens is 255 g/mol. The second kappa shape index (κ2) is 5.27. The predicted octanol–water partition coefficient (Wildman–Crippen LogP) is 3.08. The number of hydrogen-bond donors (Lipinski definition) is 2. The first kappa shape index (κ1) is 13.2. The van der Waals surface area contributed by atoms with Crippen molar-refractivity contribution in [3.63, 3.8) is 0 Å². The lowest BCUT2D eigenvalue weighted by molar-refractivity contribution is -0.121. The van der Waals surface area contributed by atoms with Crippen molar-refractivity contribution in [2.75, 3.05) is 0 Å². The maximum absolute atomic E-state index is 13.3. The number of hydrogen-bond acceptors (Lipinski definition) is 1. The number of halogens is 1. The van der Waals surface area contributed by atoms with Gasteiger partial charge in [-0.05, 0) is 49.4 Å². The Balaban J connectivity index is 1.83.